The Morgan fingerprint density at radius 3 is 1.89 bits per heavy atom. The molecule has 0 saturated heterocycles. The van der Waals surface area contributed by atoms with Crippen molar-refractivity contribution >= 4 is 23.2 Å². The fraction of sp³-hybridized carbons (Fsp3) is 0.130. The van der Waals surface area contributed by atoms with Crippen molar-refractivity contribution in [2.24, 2.45) is 5.10 Å². The molecule has 0 saturated carbocycles. The molecule has 142 valence electrons. The number of rotatable bonds is 6. The molecule has 0 atom stereocenters. The Bertz CT molecular complexity index is 915. The van der Waals surface area contributed by atoms with Crippen molar-refractivity contribution in [1.82, 2.24) is 5.43 Å². The highest BCUT2D eigenvalue weighted by molar-refractivity contribution is 6.30. The first kappa shape index (κ1) is 19.8. The molecule has 0 aromatic heterocycles. The molecule has 0 aliphatic carbocycles. The van der Waals surface area contributed by atoms with Crippen LogP contribution in [0.3, 0.4) is 0 Å². The molecule has 0 fully saturated rings. The van der Waals surface area contributed by atoms with Crippen molar-refractivity contribution in [3.63, 3.8) is 0 Å². The van der Waals surface area contributed by atoms with Crippen LogP contribution >= 0.6 is 11.6 Å². The van der Waals surface area contributed by atoms with Gasteiger partial charge < -0.3 is 5.11 Å². The summed E-state index contributed by atoms with van der Waals surface area (Å²) in [7, 11) is 0. The van der Waals surface area contributed by atoms with E-state index in [1.807, 2.05) is 31.2 Å². The smallest absolute Gasteiger partial charge is 0.281 e. The second kappa shape index (κ2) is 8.83. The van der Waals surface area contributed by atoms with E-state index in [0.717, 1.165) is 5.56 Å². The van der Waals surface area contributed by atoms with Crippen LogP contribution in [0.5, 0.6) is 0 Å². The molecule has 0 aliphatic rings. The van der Waals surface area contributed by atoms with Gasteiger partial charge in [-0.2, -0.15) is 5.10 Å². The monoisotopic (exact) mass is 392 g/mol. The summed E-state index contributed by atoms with van der Waals surface area (Å²) in [5.74, 6) is -0.621. The zero-order valence-corrected chi connectivity index (χ0v) is 16.2. The van der Waals surface area contributed by atoms with Crippen LogP contribution in [0.2, 0.25) is 5.02 Å². The van der Waals surface area contributed by atoms with Crippen molar-refractivity contribution in [3.8, 4) is 0 Å². The van der Waals surface area contributed by atoms with Crippen LogP contribution in [-0.4, -0.2) is 16.7 Å². The maximum absolute atomic E-state index is 13.1. The van der Waals surface area contributed by atoms with Crippen LogP contribution in [-0.2, 0) is 10.4 Å². The van der Waals surface area contributed by atoms with Gasteiger partial charge in [0.2, 0.25) is 0 Å². The molecule has 3 rings (SSSR count). The van der Waals surface area contributed by atoms with Gasteiger partial charge in [-0.3, -0.25) is 4.79 Å². The van der Waals surface area contributed by atoms with E-state index in [1.165, 1.54) is 0 Å². The summed E-state index contributed by atoms with van der Waals surface area (Å²) < 4.78 is 0. The second-order valence-electron chi connectivity index (χ2n) is 6.30. The first-order valence-electron chi connectivity index (χ1n) is 9.02. The van der Waals surface area contributed by atoms with Crippen LogP contribution in [0.1, 0.15) is 30.0 Å². The largest absolute Gasteiger partial charge is 0.372 e. The van der Waals surface area contributed by atoms with Crippen molar-refractivity contribution in [2.75, 3.05) is 0 Å². The fourth-order valence-corrected chi connectivity index (χ4v) is 3.10. The number of nitrogens with zero attached hydrogens (tertiary/aromatic N) is 1. The fourth-order valence-electron chi connectivity index (χ4n) is 2.98. The third-order valence-electron chi connectivity index (χ3n) is 4.52. The summed E-state index contributed by atoms with van der Waals surface area (Å²) in [5, 5.41) is 16.3. The summed E-state index contributed by atoms with van der Waals surface area (Å²) in [4.78, 5) is 13.1. The van der Waals surface area contributed by atoms with Gasteiger partial charge in [-0.25, -0.2) is 5.43 Å². The lowest BCUT2D eigenvalue weighted by Gasteiger charge is -2.27. The van der Waals surface area contributed by atoms with Gasteiger partial charge in [-0.15, -0.1) is 0 Å². The minimum Gasteiger partial charge on any atom is -0.372 e. The van der Waals surface area contributed by atoms with E-state index < -0.39 is 11.5 Å². The number of carbonyl (C=O) groups is 1. The van der Waals surface area contributed by atoms with Gasteiger partial charge in [-0.1, -0.05) is 91.3 Å². The van der Waals surface area contributed by atoms with Crippen molar-refractivity contribution in [1.29, 1.82) is 0 Å². The number of nitrogens with one attached hydrogen (secondary N) is 1. The van der Waals surface area contributed by atoms with Gasteiger partial charge in [0.05, 0.1) is 5.71 Å². The lowest BCUT2D eigenvalue weighted by Crippen LogP contribution is -2.44. The second-order valence-corrected chi connectivity index (χ2v) is 6.74. The number of amides is 1. The van der Waals surface area contributed by atoms with Gasteiger partial charge in [0, 0.05) is 5.02 Å². The van der Waals surface area contributed by atoms with E-state index in [-0.39, 0.29) is 0 Å². The standard InChI is InChI=1S/C23H21ClN2O2/c1-2-21(17-13-15-20(24)16-14-17)25-26-22(27)23(28,18-9-5-3-6-10-18)19-11-7-4-8-12-19/h3-16,28H,2H2,1H3,(H,26,27)/b25-21+. The van der Waals surface area contributed by atoms with Gasteiger partial charge in [0.1, 0.15) is 0 Å². The summed E-state index contributed by atoms with van der Waals surface area (Å²) in [6.07, 6.45) is 0.608. The molecule has 3 aromatic rings. The van der Waals surface area contributed by atoms with Gasteiger partial charge in [-0.05, 0) is 35.2 Å². The molecule has 0 unspecified atom stereocenters. The molecule has 4 nitrogen and oxygen atoms in total. The summed E-state index contributed by atoms with van der Waals surface area (Å²) in [6, 6.07) is 24.9. The zero-order chi connectivity index (χ0) is 20.0. The van der Waals surface area contributed by atoms with Crippen LogP contribution < -0.4 is 5.43 Å². The van der Waals surface area contributed by atoms with Crippen LogP contribution in [0.4, 0.5) is 0 Å². The number of carbonyl (C=O) groups excluding carboxylic acids is 1. The molecule has 28 heavy (non-hydrogen) atoms. The van der Waals surface area contributed by atoms with E-state index in [2.05, 4.69) is 10.5 Å². The van der Waals surface area contributed by atoms with Crippen LogP contribution in [0.15, 0.2) is 90.0 Å². The van der Waals surface area contributed by atoms with E-state index >= 15 is 0 Å². The Morgan fingerprint density at radius 1 is 0.929 bits per heavy atom. The molecule has 0 radical (unpaired) electrons. The summed E-state index contributed by atoms with van der Waals surface area (Å²) in [5.41, 5.74) is 3.18. The zero-order valence-electron chi connectivity index (χ0n) is 15.5. The molecule has 3 aromatic carbocycles. The predicted octanol–water partition coefficient (Wildman–Crippen LogP) is 4.51. The highest BCUT2D eigenvalue weighted by atomic mass is 35.5. The van der Waals surface area contributed by atoms with Gasteiger partial charge in [0.25, 0.3) is 5.91 Å². The highest BCUT2D eigenvalue weighted by Crippen LogP contribution is 2.29. The quantitative estimate of drug-likeness (QED) is 0.479. The van der Waals surface area contributed by atoms with E-state index in [9.17, 15) is 9.90 Å². The maximum atomic E-state index is 13.1. The number of halogens is 1. The number of benzene rings is 3. The molecular formula is C23H21ClN2O2. The Kier molecular flexibility index (Phi) is 6.24. The molecule has 2 N–H and O–H groups in total. The molecule has 0 heterocycles. The van der Waals surface area contributed by atoms with Crippen LogP contribution in [0.25, 0.3) is 0 Å². The van der Waals surface area contributed by atoms with Crippen molar-refractivity contribution < 1.29 is 9.90 Å². The Hall–Kier alpha value is -2.95. The molecule has 0 spiro atoms. The van der Waals surface area contributed by atoms with Gasteiger partial charge >= 0.3 is 0 Å². The third kappa shape index (κ3) is 4.14. The maximum Gasteiger partial charge on any atom is 0.281 e. The number of aliphatic hydroxyl groups is 1. The third-order valence-corrected chi connectivity index (χ3v) is 4.77. The molecular weight excluding hydrogens is 372 g/mol. The van der Waals surface area contributed by atoms with Crippen molar-refractivity contribution in [3.05, 3.63) is 107 Å². The molecule has 0 bridgehead atoms. The Balaban J connectivity index is 1.95. The summed E-state index contributed by atoms with van der Waals surface area (Å²) >= 11 is 5.94. The summed E-state index contributed by atoms with van der Waals surface area (Å²) in [6.45, 7) is 1.94. The number of hydrogen-bond acceptors (Lipinski definition) is 3. The minimum atomic E-state index is -1.86. The van der Waals surface area contributed by atoms with Crippen LogP contribution in [0, 0.1) is 0 Å². The number of hydrogen-bond donors (Lipinski definition) is 2. The minimum absolute atomic E-state index is 0.471. The van der Waals surface area contributed by atoms with E-state index in [0.29, 0.717) is 28.3 Å². The van der Waals surface area contributed by atoms with E-state index in [4.69, 9.17) is 11.6 Å². The first-order chi connectivity index (χ1) is 13.6. The highest BCUT2D eigenvalue weighted by Gasteiger charge is 2.39. The average Bonchev–Trinajstić information content (AvgIpc) is 2.75. The Labute approximate surface area is 169 Å². The number of hydrazone groups is 1. The predicted molar refractivity (Wildman–Crippen MR) is 112 cm³/mol. The molecule has 5 heteroatoms. The Morgan fingerprint density at radius 2 is 1.43 bits per heavy atom. The molecule has 1 amide bonds. The first-order valence-corrected chi connectivity index (χ1v) is 9.40. The SMILES string of the molecule is CC/C(=N\NC(=O)C(O)(c1ccccc1)c1ccccc1)c1ccc(Cl)cc1. The normalized spacial score (nSPS) is 11.9. The topological polar surface area (TPSA) is 61.7 Å². The van der Waals surface area contributed by atoms with E-state index in [1.54, 1.807) is 60.7 Å². The van der Waals surface area contributed by atoms with Gasteiger partial charge in [0.15, 0.2) is 5.60 Å². The molecule has 0 aliphatic heterocycles. The lowest BCUT2D eigenvalue weighted by molar-refractivity contribution is -0.136. The lowest BCUT2D eigenvalue weighted by atomic mass is 9.85. The average molecular weight is 393 g/mol. The van der Waals surface area contributed by atoms with Crippen molar-refractivity contribution in [2.45, 2.75) is 18.9 Å².